The molecule has 0 aliphatic rings. The van der Waals surface area contributed by atoms with Crippen molar-refractivity contribution in [2.24, 2.45) is 0 Å². The minimum atomic E-state index is -2.94. The quantitative estimate of drug-likeness (QED) is 0.738. The highest BCUT2D eigenvalue weighted by Gasteiger charge is 2.08. The minimum Gasteiger partial charge on any atom is -0.271 e. The van der Waals surface area contributed by atoms with E-state index in [-0.39, 0.29) is 11.5 Å². The van der Waals surface area contributed by atoms with Gasteiger partial charge in [0, 0.05) is 21.1 Å². The largest absolute Gasteiger partial charge is 0.271 e. The van der Waals surface area contributed by atoms with Crippen molar-refractivity contribution in [1.82, 2.24) is 9.78 Å². The predicted octanol–water partition coefficient (Wildman–Crippen LogP) is 2.59. The number of sulfone groups is 1. The van der Waals surface area contributed by atoms with Gasteiger partial charge in [-0.15, -0.1) is 0 Å². The molecule has 1 heterocycles. The topological polar surface area (TPSA) is 52.0 Å². The molecule has 0 saturated heterocycles. The number of halogens is 1. The Hall–Kier alpha value is -0.890. The van der Waals surface area contributed by atoms with Gasteiger partial charge in [0.2, 0.25) is 0 Å². The average Bonchev–Trinajstić information content (AvgIpc) is 2.85. The SMILES string of the molecule is CCS(=O)(=O)CCn1cc(-c2cccc(I)c2)cn1. The van der Waals surface area contributed by atoms with Crippen molar-refractivity contribution in [3.63, 3.8) is 0 Å². The lowest BCUT2D eigenvalue weighted by Crippen LogP contribution is -2.14. The van der Waals surface area contributed by atoms with Crippen LogP contribution in [-0.2, 0) is 16.4 Å². The first kappa shape index (κ1) is 14.5. The van der Waals surface area contributed by atoms with Gasteiger partial charge >= 0.3 is 0 Å². The number of aryl methyl sites for hydroxylation is 1. The summed E-state index contributed by atoms with van der Waals surface area (Å²) in [4.78, 5) is 0. The van der Waals surface area contributed by atoms with Crippen LogP contribution in [-0.4, -0.2) is 29.7 Å². The third-order valence-corrected chi connectivity index (χ3v) is 5.22. The zero-order valence-corrected chi connectivity index (χ0v) is 13.6. The Morgan fingerprint density at radius 1 is 1.32 bits per heavy atom. The van der Waals surface area contributed by atoms with Gasteiger partial charge in [-0.25, -0.2) is 8.42 Å². The lowest BCUT2D eigenvalue weighted by atomic mass is 10.1. The molecular weight excluding hydrogens is 375 g/mol. The van der Waals surface area contributed by atoms with Crippen LogP contribution in [0.4, 0.5) is 0 Å². The maximum absolute atomic E-state index is 11.5. The Kier molecular flexibility index (Phi) is 4.62. The van der Waals surface area contributed by atoms with Gasteiger partial charge < -0.3 is 0 Å². The van der Waals surface area contributed by atoms with E-state index in [1.54, 1.807) is 17.8 Å². The van der Waals surface area contributed by atoms with Crippen molar-refractivity contribution >= 4 is 32.4 Å². The molecule has 0 unspecified atom stereocenters. The van der Waals surface area contributed by atoms with Gasteiger partial charge in [0.25, 0.3) is 0 Å². The van der Waals surface area contributed by atoms with Gasteiger partial charge in [-0.2, -0.15) is 5.10 Å². The maximum Gasteiger partial charge on any atom is 0.151 e. The van der Waals surface area contributed by atoms with Crippen LogP contribution in [0.3, 0.4) is 0 Å². The van der Waals surface area contributed by atoms with Crippen molar-refractivity contribution in [3.8, 4) is 11.1 Å². The van der Waals surface area contributed by atoms with E-state index in [4.69, 9.17) is 0 Å². The van der Waals surface area contributed by atoms with E-state index in [1.807, 2.05) is 24.4 Å². The summed E-state index contributed by atoms with van der Waals surface area (Å²) in [7, 11) is -2.94. The smallest absolute Gasteiger partial charge is 0.151 e. The van der Waals surface area contributed by atoms with Gasteiger partial charge in [-0.05, 0) is 40.3 Å². The van der Waals surface area contributed by atoms with E-state index in [2.05, 4.69) is 33.8 Å². The van der Waals surface area contributed by atoms with Crippen molar-refractivity contribution in [1.29, 1.82) is 0 Å². The Morgan fingerprint density at radius 2 is 2.11 bits per heavy atom. The molecule has 0 aliphatic heterocycles. The highest BCUT2D eigenvalue weighted by atomic mass is 127. The van der Waals surface area contributed by atoms with E-state index in [0.717, 1.165) is 14.7 Å². The number of benzene rings is 1. The summed E-state index contributed by atoms with van der Waals surface area (Å²) in [6.45, 7) is 2.07. The van der Waals surface area contributed by atoms with Crippen LogP contribution >= 0.6 is 22.6 Å². The zero-order valence-electron chi connectivity index (χ0n) is 10.6. The fourth-order valence-electron chi connectivity index (χ4n) is 1.68. The van der Waals surface area contributed by atoms with Gasteiger partial charge in [0.05, 0.1) is 18.5 Å². The van der Waals surface area contributed by atoms with Crippen molar-refractivity contribution in [3.05, 3.63) is 40.2 Å². The van der Waals surface area contributed by atoms with Crippen molar-refractivity contribution in [2.45, 2.75) is 13.5 Å². The number of aromatic nitrogens is 2. The summed E-state index contributed by atoms with van der Waals surface area (Å²) < 4.78 is 25.8. The van der Waals surface area contributed by atoms with Gasteiger partial charge in [-0.3, -0.25) is 4.68 Å². The van der Waals surface area contributed by atoms with Crippen molar-refractivity contribution < 1.29 is 8.42 Å². The zero-order chi connectivity index (χ0) is 13.9. The molecule has 0 N–H and O–H groups in total. The fourth-order valence-corrected chi connectivity index (χ4v) is 2.98. The number of nitrogens with zero attached hydrogens (tertiary/aromatic N) is 2. The maximum atomic E-state index is 11.5. The second-order valence-corrected chi connectivity index (χ2v) is 7.96. The molecule has 0 saturated carbocycles. The summed E-state index contributed by atoms with van der Waals surface area (Å²) in [5.74, 6) is 0.314. The van der Waals surface area contributed by atoms with E-state index in [0.29, 0.717) is 6.54 Å². The Morgan fingerprint density at radius 3 is 2.79 bits per heavy atom. The van der Waals surface area contributed by atoms with Crippen molar-refractivity contribution in [2.75, 3.05) is 11.5 Å². The lowest BCUT2D eigenvalue weighted by Gasteiger charge is -2.01. The summed E-state index contributed by atoms with van der Waals surface area (Å²) >= 11 is 2.26. The van der Waals surface area contributed by atoms with Gasteiger partial charge in [-0.1, -0.05) is 19.1 Å². The molecule has 0 spiro atoms. The lowest BCUT2D eigenvalue weighted by molar-refractivity contribution is 0.582. The molecule has 19 heavy (non-hydrogen) atoms. The van der Waals surface area contributed by atoms with Crippen LogP contribution < -0.4 is 0 Å². The molecule has 0 radical (unpaired) electrons. The van der Waals surface area contributed by atoms with Crippen LogP contribution in [0.25, 0.3) is 11.1 Å². The molecule has 2 rings (SSSR count). The molecule has 0 aliphatic carbocycles. The molecule has 0 fully saturated rings. The molecule has 1 aromatic carbocycles. The molecule has 0 bridgehead atoms. The van der Waals surface area contributed by atoms with Crippen LogP contribution in [0.1, 0.15) is 6.92 Å². The summed E-state index contributed by atoms with van der Waals surface area (Å²) in [5, 5.41) is 4.21. The molecule has 2 aromatic rings. The standard InChI is InChI=1S/C13H15IN2O2S/c1-2-19(17,18)7-6-16-10-12(9-15-16)11-4-3-5-13(14)8-11/h3-5,8-10H,2,6-7H2,1H3. The molecule has 1 aromatic heterocycles. The molecular formula is C13H15IN2O2S. The Bertz CT molecular complexity index is 665. The second-order valence-electron chi connectivity index (χ2n) is 4.24. The summed E-state index contributed by atoms with van der Waals surface area (Å²) in [6, 6.07) is 8.12. The predicted molar refractivity (Wildman–Crippen MR) is 84.7 cm³/mol. The highest BCUT2D eigenvalue weighted by Crippen LogP contribution is 2.20. The number of rotatable bonds is 5. The van der Waals surface area contributed by atoms with Crippen LogP contribution in [0.2, 0.25) is 0 Å². The molecule has 4 nitrogen and oxygen atoms in total. The number of hydrogen-bond acceptors (Lipinski definition) is 3. The second kappa shape index (κ2) is 6.04. The Balaban J connectivity index is 2.12. The molecule has 0 atom stereocenters. The molecule has 6 heteroatoms. The van der Waals surface area contributed by atoms with Gasteiger partial charge in [0.1, 0.15) is 0 Å². The van der Waals surface area contributed by atoms with E-state index in [9.17, 15) is 8.42 Å². The molecule has 102 valence electrons. The first-order valence-electron chi connectivity index (χ1n) is 5.99. The average molecular weight is 390 g/mol. The van der Waals surface area contributed by atoms with Crippen LogP contribution in [0, 0.1) is 3.57 Å². The summed E-state index contributed by atoms with van der Waals surface area (Å²) in [5.41, 5.74) is 2.10. The molecule has 0 amide bonds. The van der Waals surface area contributed by atoms with E-state index < -0.39 is 9.84 Å². The third-order valence-electron chi connectivity index (χ3n) is 2.86. The van der Waals surface area contributed by atoms with E-state index in [1.165, 1.54) is 0 Å². The first-order chi connectivity index (χ1) is 9.00. The first-order valence-corrected chi connectivity index (χ1v) is 8.89. The number of hydrogen-bond donors (Lipinski definition) is 0. The summed E-state index contributed by atoms with van der Waals surface area (Å²) in [6.07, 6.45) is 3.65. The highest BCUT2D eigenvalue weighted by molar-refractivity contribution is 14.1. The van der Waals surface area contributed by atoms with E-state index >= 15 is 0 Å². The van der Waals surface area contributed by atoms with Crippen LogP contribution in [0.5, 0.6) is 0 Å². The Labute approximate surface area is 126 Å². The normalized spacial score (nSPS) is 11.7. The fraction of sp³-hybridized carbons (Fsp3) is 0.308. The monoisotopic (exact) mass is 390 g/mol. The third kappa shape index (κ3) is 4.04. The minimum absolute atomic E-state index is 0.136. The van der Waals surface area contributed by atoms with Gasteiger partial charge in [0.15, 0.2) is 9.84 Å². The van der Waals surface area contributed by atoms with Crippen LogP contribution in [0.15, 0.2) is 36.7 Å².